The monoisotopic (exact) mass is 265 g/mol. The molecule has 3 nitrogen and oxygen atoms in total. The van der Waals surface area contributed by atoms with Gasteiger partial charge in [-0.25, -0.2) is 0 Å². The van der Waals surface area contributed by atoms with Gasteiger partial charge in [0.2, 0.25) is 5.78 Å². The highest BCUT2D eigenvalue weighted by molar-refractivity contribution is 6.34. The van der Waals surface area contributed by atoms with Gasteiger partial charge in [0.15, 0.2) is 11.3 Å². The topological polar surface area (TPSA) is 33.5 Å². The van der Waals surface area contributed by atoms with Gasteiger partial charge in [0.05, 0.1) is 10.6 Å². The number of nitrogens with zero attached hydrogens (tertiary/aromatic N) is 1. The van der Waals surface area contributed by atoms with Crippen LogP contribution < -0.4 is 0 Å². The Morgan fingerprint density at radius 2 is 2.00 bits per heavy atom. The predicted octanol–water partition coefficient (Wildman–Crippen LogP) is 3.61. The van der Waals surface area contributed by atoms with Crippen molar-refractivity contribution >= 4 is 28.4 Å². The fraction of sp³-hybridized carbons (Fsp3) is 0.357. The average Bonchev–Trinajstić information content (AvgIpc) is 2.73. The molecule has 0 atom stereocenters. The van der Waals surface area contributed by atoms with Crippen LogP contribution in [-0.4, -0.2) is 30.3 Å². The first-order valence-corrected chi connectivity index (χ1v) is 6.12. The van der Waals surface area contributed by atoms with E-state index < -0.39 is 5.54 Å². The smallest absolute Gasteiger partial charge is 0.217 e. The quantitative estimate of drug-likeness (QED) is 0.795. The van der Waals surface area contributed by atoms with Crippen molar-refractivity contribution in [1.29, 1.82) is 0 Å². The maximum absolute atomic E-state index is 12.4. The van der Waals surface area contributed by atoms with Crippen molar-refractivity contribution in [2.24, 2.45) is 0 Å². The number of fused-ring (bicyclic) bond motifs is 1. The molecule has 1 aromatic carbocycles. The largest absolute Gasteiger partial charge is 0.451 e. The van der Waals surface area contributed by atoms with E-state index in [0.717, 1.165) is 5.39 Å². The van der Waals surface area contributed by atoms with Crippen LogP contribution in [0.15, 0.2) is 28.7 Å². The Balaban J connectivity index is 2.50. The number of carbonyl (C=O) groups is 1. The van der Waals surface area contributed by atoms with Crippen molar-refractivity contribution in [3.63, 3.8) is 0 Å². The number of likely N-dealkylation sites (N-methyl/N-ethyl adjacent to an activating group) is 1. The highest BCUT2D eigenvalue weighted by Crippen LogP contribution is 2.29. The molecule has 0 bridgehead atoms. The molecule has 0 unspecified atom stereocenters. The number of halogens is 1. The third kappa shape index (κ3) is 2.04. The van der Waals surface area contributed by atoms with E-state index in [0.29, 0.717) is 16.4 Å². The van der Waals surface area contributed by atoms with E-state index in [1.165, 1.54) is 0 Å². The lowest BCUT2D eigenvalue weighted by Crippen LogP contribution is -2.45. The van der Waals surface area contributed by atoms with E-state index in [4.69, 9.17) is 16.0 Å². The lowest BCUT2D eigenvalue weighted by atomic mass is 9.96. The van der Waals surface area contributed by atoms with E-state index >= 15 is 0 Å². The Morgan fingerprint density at radius 3 is 2.56 bits per heavy atom. The van der Waals surface area contributed by atoms with Crippen molar-refractivity contribution in [3.05, 3.63) is 35.0 Å². The predicted molar refractivity (Wildman–Crippen MR) is 73.3 cm³/mol. The fourth-order valence-corrected chi connectivity index (χ4v) is 1.86. The van der Waals surface area contributed by atoms with Crippen LogP contribution in [0.5, 0.6) is 0 Å². The summed E-state index contributed by atoms with van der Waals surface area (Å²) in [6, 6.07) is 7.21. The summed E-state index contributed by atoms with van der Waals surface area (Å²) in [5.41, 5.74) is -0.0440. The minimum atomic E-state index is -0.611. The Labute approximate surface area is 111 Å². The molecule has 1 aromatic heterocycles. The zero-order chi connectivity index (χ0) is 13.5. The first kappa shape index (κ1) is 13.1. The number of rotatable bonds is 3. The summed E-state index contributed by atoms with van der Waals surface area (Å²) in [6.45, 7) is 3.73. The summed E-state index contributed by atoms with van der Waals surface area (Å²) in [4.78, 5) is 14.3. The molecule has 0 N–H and O–H groups in total. The Hall–Kier alpha value is -1.32. The minimum absolute atomic E-state index is 0.0558. The Morgan fingerprint density at radius 1 is 1.33 bits per heavy atom. The van der Waals surface area contributed by atoms with Gasteiger partial charge in [-0.15, -0.1) is 0 Å². The number of Topliss-reactive ketones (excluding diaryl/α,β-unsaturated/α-hetero) is 1. The van der Waals surface area contributed by atoms with Crippen molar-refractivity contribution < 1.29 is 9.21 Å². The van der Waals surface area contributed by atoms with Crippen LogP contribution in [0.2, 0.25) is 5.02 Å². The van der Waals surface area contributed by atoms with E-state index in [2.05, 4.69) is 0 Å². The molecule has 0 saturated heterocycles. The lowest BCUT2D eigenvalue weighted by Gasteiger charge is -2.29. The van der Waals surface area contributed by atoms with Crippen LogP contribution in [0.4, 0.5) is 0 Å². The third-order valence-corrected chi connectivity index (χ3v) is 3.69. The van der Waals surface area contributed by atoms with Gasteiger partial charge >= 0.3 is 0 Å². The fourth-order valence-electron chi connectivity index (χ4n) is 1.64. The molecule has 2 rings (SSSR count). The normalized spacial score (nSPS) is 12.3. The van der Waals surface area contributed by atoms with E-state index in [9.17, 15) is 4.79 Å². The maximum Gasteiger partial charge on any atom is 0.217 e. The Kier molecular flexibility index (Phi) is 3.21. The second kappa shape index (κ2) is 4.41. The molecule has 96 valence electrons. The highest BCUT2D eigenvalue weighted by atomic mass is 35.5. The van der Waals surface area contributed by atoms with Gasteiger partial charge < -0.3 is 4.42 Å². The number of carbonyl (C=O) groups excluding carboxylic acids is 1. The zero-order valence-electron chi connectivity index (χ0n) is 11.0. The zero-order valence-corrected chi connectivity index (χ0v) is 11.7. The second-order valence-electron chi connectivity index (χ2n) is 5.05. The van der Waals surface area contributed by atoms with Gasteiger partial charge in [0.1, 0.15) is 0 Å². The molecular formula is C14H16ClNO2. The number of ketones is 1. The van der Waals surface area contributed by atoms with E-state index in [-0.39, 0.29) is 5.78 Å². The van der Waals surface area contributed by atoms with Crippen molar-refractivity contribution in [3.8, 4) is 0 Å². The van der Waals surface area contributed by atoms with Crippen LogP contribution in [0.25, 0.3) is 11.0 Å². The second-order valence-corrected chi connectivity index (χ2v) is 5.46. The van der Waals surface area contributed by atoms with E-state index in [1.807, 2.05) is 45.0 Å². The summed E-state index contributed by atoms with van der Waals surface area (Å²) in [5.74, 6) is 0.288. The maximum atomic E-state index is 12.4. The van der Waals surface area contributed by atoms with Gasteiger partial charge in [-0.1, -0.05) is 23.7 Å². The lowest BCUT2D eigenvalue weighted by molar-refractivity contribution is 0.0727. The highest BCUT2D eigenvalue weighted by Gasteiger charge is 2.33. The average molecular weight is 266 g/mol. The molecular weight excluding hydrogens is 250 g/mol. The first-order chi connectivity index (χ1) is 8.34. The van der Waals surface area contributed by atoms with Gasteiger partial charge in [-0.05, 0) is 40.1 Å². The molecule has 18 heavy (non-hydrogen) atoms. The van der Waals surface area contributed by atoms with Gasteiger partial charge in [0, 0.05) is 5.39 Å². The molecule has 0 aliphatic carbocycles. The minimum Gasteiger partial charge on any atom is -0.451 e. The van der Waals surface area contributed by atoms with Crippen LogP contribution >= 0.6 is 11.6 Å². The van der Waals surface area contributed by atoms with Crippen molar-refractivity contribution in [1.82, 2.24) is 4.90 Å². The molecule has 0 aliphatic heterocycles. The van der Waals surface area contributed by atoms with Crippen LogP contribution in [0.3, 0.4) is 0 Å². The van der Waals surface area contributed by atoms with Crippen LogP contribution in [0.1, 0.15) is 24.4 Å². The molecule has 0 spiro atoms. The summed E-state index contributed by atoms with van der Waals surface area (Å²) in [6.07, 6.45) is 0. The van der Waals surface area contributed by atoms with Gasteiger partial charge in [-0.2, -0.15) is 0 Å². The van der Waals surface area contributed by atoms with Crippen molar-refractivity contribution in [2.75, 3.05) is 14.1 Å². The van der Waals surface area contributed by atoms with Crippen LogP contribution in [-0.2, 0) is 0 Å². The van der Waals surface area contributed by atoms with Gasteiger partial charge in [0.25, 0.3) is 0 Å². The molecule has 0 aliphatic rings. The summed E-state index contributed by atoms with van der Waals surface area (Å²) in [7, 11) is 3.74. The molecule has 0 fully saturated rings. The molecule has 0 amide bonds. The van der Waals surface area contributed by atoms with E-state index in [1.54, 1.807) is 12.1 Å². The number of hydrogen-bond donors (Lipinski definition) is 0. The summed E-state index contributed by atoms with van der Waals surface area (Å²) in [5, 5.41) is 1.37. The number of para-hydroxylation sites is 1. The number of benzene rings is 1. The molecule has 1 heterocycles. The number of hydrogen-bond acceptors (Lipinski definition) is 3. The summed E-state index contributed by atoms with van der Waals surface area (Å²) < 4.78 is 5.59. The molecule has 2 aromatic rings. The first-order valence-electron chi connectivity index (χ1n) is 5.74. The van der Waals surface area contributed by atoms with Crippen molar-refractivity contribution in [2.45, 2.75) is 19.4 Å². The summed E-state index contributed by atoms with van der Waals surface area (Å²) >= 11 is 6.04. The van der Waals surface area contributed by atoms with Gasteiger partial charge in [-0.3, -0.25) is 9.69 Å². The molecule has 4 heteroatoms. The Bertz CT molecular complexity index is 599. The number of furan rings is 1. The third-order valence-electron chi connectivity index (χ3n) is 3.39. The molecule has 0 saturated carbocycles. The van der Waals surface area contributed by atoms with Crippen LogP contribution in [0, 0.1) is 0 Å². The molecule has 0 radical (unpaired) electrons. The standard InChI is InChI=1S/C14H16ClNO2/c1-14(2,16(3)4)13(17)11-8-9-6-5-7-10(15)12(9)18-11/h5-8H,1-4H3. The SMILES string of the molecule is CN(C)C(C)(C)C(=O)c1cc2cccc(Cl)c2o1.